The van der Waals surface area contributed by atoms with Crippen LogP contribution in [0.4, 0.5) is 28.8 Å². The first-order valence-electron chi connectivity index (χ1n) is 14.5. The van der Waals surface area contributed by atoms with Crippen molar-refractivity contribution in [2.75, 3.05) is 34.8 Å². The lowest BCUT2D eigenvalue weighted by Crippen LogP contribution is -2.41. The quantitative estimate of drug-likeness (QED) is 0.111. The third-order valence-corrected chi connectivity index (χ3v) is 9.58. The molecular formula is C30H35N8O7Si+. The van der Waals surface area contributed by atoms with Gasteiger partial charge in [0.2, 0.25) is 11.9 Å². The van der Waals surface area contributed by atoms with Crippen molar-refractivity contribution in [2.45, 2.75) is 44.3 Å². The van der Waals surface area contributed by atoms with Gasteiger partial charge in [0.1, 0.15) is 6.04 Å². The first kappa shape index (κ1) is 33.4. The van der Waals surface area contributed by atoms with Crippen LogP contribution in [-0.2, 0) is 14.4 Å². The number of nitrogen functional groups attached to an aromatic ring is 1. The lowest BCUT2D eigenvalue weighted by atomic mass is 10.1. The molecule has 1 aliphatic heterocycles. The van der Waals surface area contributed by atoms with Crippen LogP contribution in [0.2, 0.25) is 12.6 Å². The number of nitrogens with two attached hydrogens (primary N) is 1. The number of carbonyl (C=O) groups excluding carboxylic acids is 2. The summed E-state index contributed by atoms with van der Waals surface area (Å²) in [5.74, 6) is -2.75. The summed E-state index contributed by atoms with van der Waals surface area (Å²) in [6, 6.07) is 13.3. The SMILES string of the molecule is C[Si+](CCCC(=O)O)c1ccc(NC(=O)CC[C@H](NC(=O)c2ccc(NCC3=Nc4c(nc(N)[nH]c4=O)NC3)cc2)C(=O)O)cc1. The van der Waals surface area contributed by atoms with Gasteiger partial charge in [0.05, 0.1) is 36.6 Å². The number of carbonyl (C=O) groups is 4. The van der Waals surface area contributed by atoms with E-state index in [9.17, 15) is 29.1 Å². The van der Waals surface area contributed by atoms with Crippen LogP contribution >= 0.6 is 0 Å². The summed E-state index contributed by atoms with van der Waals surface area (Å²) in [4.78, 5) is 70.7. The molecule has 240 valence electrons. The Morgan fingerprint density at radius 1 is 1.02 bits per heavy atom. The summed E-state index contributed by atoms with van der Waals surface area (Å²) in [6.45, 7) is 2.77. The molecule has 46 heavy (non-hydrogen) atoms. The Morgan fingerprint density at radius 3 is 2.39 bits per heavy atom. The Balaban J connectivity index is 1.24. The third-order valence-electron chi connectivity index (χ3n) is 7.15. The number of benzene rings is 2. The number of anilines is 4. The van der Waals surface area contributed by atoms with Gasteiger partial charge in [-0.05, 0) is 61.4 Å². The van der Waals surface area contributed by atoms with Crippen LogP contribution in [0.3, 0.4) is 0 Å². The number of rotatable bonds is 15. The van der Waals surface area contributed by atoms with E-state index >= 15 is 0 Å². The van der Waals surface area contributed by atoms with E-state index in [2.05, 4.69) is 42.8 Å². The van der Waals surface area contributed by atoms with E-state index in [1.807, 2.05) is 12.1 Å². The topological polar surface area (TPSA) is 241 Å². The number of hydrogen-bond donors (Lipinski definition) is 8. The fourth-order valence-corrected chi connectivity index (χ4v) is 6.36. The standard InChI is InChI=1S/C30H34N8O7Si/c1-46(14-2-3-24(40)41)21-10-8-19(9-11-21)34-23(39)13-12-22(29(44)45)36-27(42)17-4-6-18(7-5-17)32-15-20-16-33-26-25(35-20)28(43)38-30(31)37-26/h4-11,22H,2-3,12-16H2,1H3,(H8-,31,32,33,34,36,37,38,39,40,41,42,43,44,45)/p+1/t22-/m0/s1. The van der Waals surface area contributed by atoms with Crippen LogP contribution in [0.1, 0.15) is 36.0 Å². The van der Waals surface area contributed by atoms with Gasteiger partial charge < -0.3 is 37.2 Å². The molecule has 2 aromatic carbocycles. The van der Waals surface area contributed by atoms with Gasteiger partial charge in [-0.25, -0.2) is 9.79 Å². The highest BCUT2D eigenvalue weighted by molar-refractivity contribution is 6.72. The van der Waals surface area contributed by atoms with E-state index in [0.29, 0.717) is 42.4 Å². The number of nitrogens with one attached hydrogen (secondary N) is 5. The molecule has 1 atom stereocenters. The van der Waals surface area contributed by atoms with Crippen LogP contribution in [0, 0.1) is 0 Å². The van der Waals surface area contributed by atoms with Gasteiger partial charge in [0, 0.05) is 29.8 Å². The third kappa shape index (κ3) is 9.49. The predicted molar refractivity (Wildman–Crippen MR) is 176 cm³/mol. The predicted octanol–water partition coefficient (Wildman–Crippen LogP) is 1.76. The first-order valence-corrected chi connectivity index (χ1v) is 16.7. The smallest absolute Gasteiger partial charge is 0.349 e. The maximum atomic E-state index is 12.8. The molecule has 0 unspecified atom stereocenters. The van der Waals surface area contributed by atoms with Gasteiger partial charge in [-0.3, -0.25) is 24.2 Å². The van der Waals surface area contributed by atoms with Crippen molar-refractivity contribution < 1.29 is 29.4 Å². The highest BCUT2D eigenvalue weighted by Crippen LogP contribution is 2.21. The van der Waals surface area contributed by atoms with Gasteiger partial charge in [0.25, 0.3) is 11.5 Å². The lowest BCUT2D eigenvalue weighted by molar-refractivity contribution is -0.139. The average molecular weight is 648 g/mol. The van der Waals surface area contributed by atoms with Crippen molar-refractivity contribution in [3.05, 3.63) is 64.4 Å². The molecule has 0 saturated heterocycles. The van der Waals surface area contributed by atoms with Crippen molar-refractivity contribution in [3.63, 3.8) is 0 Å². The number of hydrogen-bond acceptors (Lipinski definition) is 10. The number of aromatic amines is 1. The van der Waals surface area contributed by atoms with E-state index in [4.69, 9.17) is 10.8 Å². The summed E-state index contributed by atoms with van der Waals surface area (Å²) in [5.41, 5.74) is 7.36. The molecule has 2 amide bonds. The maximum Gasteiger partial charge on any atom is 0.349 e. The second kappa shape index (κ2) is 15.5. The van der Waals surface area contributed by atoms with E-state index < -0.39 is 44.2 Å². The molecule has 4 rings (SSSR count). The van der Waals surface area contributed by atoms with Crippen molar-refractivity contribution in [1.29, 1.82) is 0 Å². The molecule has 0 bridgehead atoms. The Bertz CT molecular complexity index is 1680. The lowest BCUT2D eigenvalue weighted by Gasteiger charge is -2.17. The monoisotopic (exact) mass is 647 g/mol. The molecule has 0 radical (unpaired) electrons. The molecule has 0 aliphatic carbocycles. The first-order chi connectivity index (χ1) is 22.0. The summed E-state index contributed by atoms with van der Waals surface area (Å²) in [6.07, 6.45) is 0.525. The average Bonchev–Trinajstić information content (AvgIpc) is 3.02. The summed E-state index contributed by atoms with van der Waals surface area (Å²) in [7, 11) is -0.901. The van der Waals surface area contributed by atoms with Crippen molar-refractivity contribution in [2.24, 2.45) is 4.99 Å². The van der Waals surface area contributed by atoms with E-state index in [0.717, 1.165) is 11.2 Å². The van der Waals surface area contributed by atoms with E-state index in [1.165, 1.54) is 12.1 Å². The highest BCUT2D eigenvalue weighted by atomic mass is 28.3. The number of nitrogens with zero attached hydrogens (tertiary/aromatic N) is 2. The van der Waals surface area contributed by atoms with Crippen LogP contribution in [-0.4, -0.2) is 77.6 Å². The molecule has 2 heterocycles. The normalized spacial score (nSPS) is 12.5. The Kier molecular flexibility index (Phi) is 11.2. The number of carboxylic acid groups (broad SMARTS) is 2. The van der Waals surface area contributed by atoms with E-state index in [-0.39, 0.29) is 36.5 Å². The maximum absolute atomic E-state index is 12.8. The minimum Gasteiger partial charge on any atom is -0.481 e. The van der Waals surface area contributed by atoms with Gasteiger partial charge >= 0.3 is 20.7 Å². The molecule has 1 aromatic heterocycles. The van der Waals surface area contributed by atoms with Crippen molar-refractivity contribution >= 4 is 72.3 Å². The fourth-order valence-electron chi connectivity index (χ4n) is 4.63. The number of amides is 2. The minimum absolute atomic E-state index is 0.00439. The zero-order valence-electron chi connectivity index (χ0n) is 25.1. The molecule has 0 fully saturated rings. The molecule has 1 aliphatic rings. The molecule has 0 saturated carbocycles. The Hall–Kier alpha value is -5.51. The molecule has 15 nitrogen and oxygen atoms in total. The summed E-state index contributed by atoms with van der Waals surface area (Å²) < 4.78 is 0. The highest BCUT2D eigenvalue weighted by Gasteiger charge is 2.24. The van der Waals surface area contributed by atoms with Crippen LogP contribution in [0.15, 0.2) is 58.3 Å². The fraction of sp³-hybridized carbons (Fsp3) is 0.300. The van der Waals surface area contributed by atoms with Crippen molar-refractivity contribution in [1.82, 2.24) is 15.3 Å². The number of aromatic nitrogens is 2. The number of H-pyrrole nitrogens is 1. The Morgan fingerprint density at radius 2 is 1.72 bits per heavy atom. The van der Waals surface area contributed by atoms with Crippen LogP contribution in [0.25, 0.3) is 0 Å². The van der Waals surface area contributed by atoms with Gasteiger partial charge in [0.15, 0.2) is 11.5 Å². The van der Waals surface area contributed by atoms with E-state index in [1.54, 1.807) is 24.3 Å². The number of fused-ring (bicyclic) bond motifs is 1. The molecule has 3 aromatic rings. The van der Waals surface area contributed by atoms with Gasteiger partial charge in [-0.15, -0.1) is 0 Å². The van der Waals surface area contributed by atoms with Gasteiger partial charge in [-0.2, -0.15) is 4.98 Å². The molecule has 9 N–H and O–H groups in total. The number of aliphatic imine (C=N–C) groups is 1. The van der Waals surface area contributed by atoms with Crippen molar-refractivity contribution in [3.8, 4) is 0 Å². The second-order valence-corrected chi connectivity index (χ2v) is 13.3. The largest absolute Gasteiger partial charge is 0.481 e. The molecule has 0 spiro atoms. The summed E-state index contributed by atoms with van der Waals surface area (Å²) >= 11 is 0. The zero-order chi connectivity index (χ0) is 33.2. The van der Waals surface area contributed by atoms with Gasteiger partial charge in [-0.1, -0.05) is 0 Å². The molecular weight excluding hydrogens is 612 g/mol. The van der Waals surface area contributed by atoms with Crippen LogP contribution in [0.5, 0.6) is 0 Å². The van der Waals surface area contributed by atoms with Crippen LogP contribution < -0.4 is 37.7 Å². The zero-order valence-corrected chi connectivity index (χ0v) is 26.1. The minimum atomic E-state index is -1.28. The second-order valence-electron chi connectivity index (χ2n) is 10.7. The molecule has 16 heteroatoms. The summed E-state index contributed by atoms with van der Waals surface area (Å²) in [5, 5.41) is 30.9. The Labute approximate surface area is 265 Å². The number of carboxylic acids is 2. The number of aliphatic carboxylic acids is 2.